The molecule has 0 saturated carbocycles. The van der Waals surface area contributed by atoms with Crippen molar-refractivity contribution in [1.29, 1.82) is 0 Å². The maximum absolute atomic E-state index is 8.61. The summed E-state index contributed by atoms with van der Waals surface area (Å²) in [7, 11) is 0. The monoisotopic (exact) mass is 131 g/mol. The van der Waals surface area contributed by atoms with E-state index in [9.17, 15) is 0 Å². The molecule has 2 atom stereocenters. The van der Waals surface area contributed by atoms with E-state index < -0.39 is 0 Å². The quantitative estimate of drug-likeness (QED) is 0.591. The van der Waals surface area contributed by atoms with E-state index >= 15 is 0 Å². The van der Waals surface area contributed by atoms with Gasteiger partial charge in [0.2, 0.25) is 0 Å². The largest absolute Gasteiger partial charge is 0.395 e. The van der Waals surface area contributed by atoms with Gasteiger partial charge in [0.05, 0.1) is 6.61 Å². The number of hydrogen-bond donors (Lipinski definition) is 2. The van der Waals surface area contributed by atoms with Gasteiger partial charge in [-0.2, -0.15) is 0 Å². The van der Waals surface area contributed by atoms with Crippen molar-refractivity contribution in [1.82, 2.24) is 0 Å². The molecule has 0 aliphatic heterocycles. The highest BCUT2D eigenvalue weighted by Crippen LogP contribution is 2.07. The second kappa shape index (κ2) is 4.77. The van der Waals surface area contributed by atoms with Crippen LogP contribution in [0.4, 0.5) is 0 Å². The second-order valence-electron chi connectivity index (χ2n) is 2.61. The van der Waals surface area contributed by atoms with Gasteiger partial charge in [0.25, 0.3) is 0 Å². The van der Waals surface area contributed by atoms with E-state index in [4.69, 9.17) is 10.8 Å². The van der Waals surface area contributed by atoms with Crippen molar-refractivity contribution < 1.29 is 5.11 Å². The molecule has 0 amide bonds. The summed E-state index contributed by atoms with van der Waals surface area (Å²) in [6.07, 6.45) is 2.26. The van der Waals surface area contributed by atoms with Crippen LogP contribution in [-0.2, 0) is 0 Å². The van der Waals surface area contributed by atoms with Gasteiger partial charge in [0, 0.05) is 6.04 Å². The lowest BCUT2D eigenvalue weighted by molar-refractivity contribution is 0.227. The minimum atomic E-state index is -0.0232. The van der Waals surface area contributed by atoms with Crippen LogP contribution in [0.3, 0.4) is 0 Å². The highest BCUT2D eigenvalue weighted by molar-refractivity contribution is 4.66. The van der Waals surface area contributed by atoms with Gasteiger partial charge >= 0.3 is 0 Å². The number of rotatable bonds is 4. The lowest BCUT2D eigenvalue weighted by Gasteiger charge is -2.15. The molecule has 0 saturated heterocycles. The summed E-state index contributed by atoms with van der Waals surface area (Å²) in [6, 6.07) is -0.0232. The summed E-state index contributed by atoms with van der Waals surface area (Å²) in [4.78, 5) is 0. The van der Waals surface area contributed by atoms with Crippen molar-refractivity contribution in [2.24, 2.45) is 11.7 Å². The molecule has 2 heteroatoms. The van der Waals surface area contributed by atoms with Gasteiger partial charge in [0.1, 0.15) is 0 Å². The Morgan fingerprint density at radius 1 is 1.56 bits per heavy atom. The third-order valence-corrected chi connectivity index (χ3v) is 1.69. The fraction of sp³-hybridized carbons (Fsp3) is 1.00. The molecule has 9 heavy (non-hydrogen) atoms. The topological polar surface area (TPSA) is 46.2 Å². The van der Waals surface area contributed by atoms with Crippen molar-refractivity contribution in [3.63, 3.8) is 0 Å². The molecule has 56 valence electrons. The lowest BCUT2D eigenvalue weighted by Crippen LogP contribution is -2.31. The van der Waals surface area contributed by atoms with Gasteiger partial charge in [-0.15, -0.1) is 0 Å². The fourth-order valence-corrected chi connectivity index (χ4v) is 0.849. The Balaban J connectivity index is 3.32. The number of aliphatic hydroxyl groups is 1. The van der Waals surface area contributed by atoms with Gasteiger partial charge in [0.15, 0.2) is 0 Å². The zero-order chi connectivity index (χ0) is 7.28. The van der Waals surface area contributed by atoms with E-state index in [-0.39, 0.29) is 12.6 Å². The van der Waals surface area contributed by atoms with E-state index in [0.29, 0.717) is 5.92 Å². The Morgan fingerprint density at radius 2 is 2.11 bits per heavy atom. The minimum Gasteiger partial charge on any atom is -0.395 e. The minimum absolute atomic E-state index is 0.0232. The number of hydrogen-bond acceptors (Lipinski definition) is 2. The molecule has 0 heterocycles. The third kappa shape index (κ3) is 3.49. The van der Waals surface area contributed by atoms with Crippen LogP contribution in [0.2, 0.25) is 0 Å². The summed E-state index contributed by atoms with van der Waals surface area (Å²) in [5.74, 6) is 0.458. The molecule has 0 rings (SSSR count). The zero-order valence-electron chi connectivity index (χ0n) is 6.30. The Hall–Kier alpha value is -0.0800. The Labute approximate surface area is 57.1 Å². The van der Waals surface area contributed by atoms with Crippen LogP contribution in [0.15, 0.2) is 0 Å². The number of aliphatic hydroxyl groups excluding tert-OH is 1. The Kier molecular flexibility index (Phi) is 4.72. The van der Waals surface area contributed by atoms with Gasteiger partial charge in [-0.3, -0.25) is 0 Å². The molecule has 3 N–H and O–H groups in total. The second-order valence-corrected chi connectivity index (χ2v) is 2.61. The number of nitrogens with two attached hydrogens (primary N) is 1. The van der Waals surface area contributed by atoms with Crippen LogP contribution in [-0.4, -0.2) is 17.8 Å². The summed E-state index contributed by atoms with van der Waals surface area (Å²) < 4.78 is 0. The first-order chi connectivity index (χ1) is 4.22. The molecule has 0 fully saturated rings. The van der Waals surface area contributed by atoms with Crippen LogP contribution in [0.1, 0.15) is 26.7 Å². The van der Waals surface area contributed by atoms with Crippen LogP contribution in [0, 0.1) is 5.92 Å². The van der Waals surface area contributed by atoms with Crippen molar-refractivity contribution in [2.75, 3.05) is 6.61 Å². The average Bonchev–Trinajstić information content (AvgIpc) is 1.87. The molecule has 0 aromatic heterocycles. The van der Waals surface area contributed by atoms with Gasteiger partial charge in [-0.05, 0) is 12.3 Å². The molecule has 0 aliphatic rings. The van der Waals surface area contributed by atoms with Crippen LogP contribution >= 0.6 is 0 Å². The van der Waals surface area contributed by atoms with E-state index in [1.165, 1.54) is 0 Å². The summed E-state index contributed by atoms with van der Waals surface area (Å²) >= 11 is 0. The van der Waals surface area contributed by atoms with Crippen molar-refractivity contribution in [3.05, 3.63) is 0 Å². The standard InChI is InChI=1S/C7H17NO/c1-3-4-6(2)7(8)5-9/h6-7,9H,3-5,8H2,1-2H3. The summed E-state index contributed by atoms with van der Waals surface area (Å²) in [5, 5.41) is 8.61. The van der Waals surface area contributed by atoms with Crippen molar-refractivity contribution in [3.8, 4) is 0 Å². The summed E-state index contributed by atoms with van der Waals surface area (Å²) in [5.41, 5.74) is 5.55. The predicted octanol–water partition coefficient (Wildman–Crippen LogP) is 0.742. The van der Waals surface area contributed by atoms with Crippen LogP contribution < -0.4 is 5.73 Å². The average molecular weight is 131 g/mol. The van der Waals surface area contributed by atoms with Gasteiger partial charge in [-0.1, -0.05) is 20.3 Å². The molecular formula is C7H17NO. The molecule has 0 radical (unpaired) electrons. The molecule has 0 spiro atoms. The third-order valence-electron chi connectivity index (χ3n) is 1.69. The Morgan fingerprint density at radius 3 is 2.44 bits per heavy atom. The molecule has 2 unspecified atom stereocenters. The molecular weight excluding hydrogens is 114 g/mol. The van der Waals surface area contributed by atoms with E-state index in [0.717, 1.165) is 12.8 Å². The molecule has 0 aromatic carbocycles. The highest BCUT2D eigenvalue weighted by atomic mass is 16.3. The SMILES string of the molecule is CCCC(C)C(N)CO. The maximum Gasteiger partial charge on any atom is 0.0585 e. The first-order valence-electron chi connectivity index (χ1n) is 3.58. The molecule has 2 nitrogen and oxygen atoms in total. The fourth-order valence-electron chi connectivity index (χ4n) is 0.849. The first-order valence-corrected chi connectivity index (χ1v) is 3.58. The van der Waals surface area contributed by atoms with Gasteiger partial charge in [-0.25, -0.2) is 0 Å². The highest BCUT2D eigenvalue weighted by Gasteiger charge is 2.08. The lowest BCUT2D eigenvalue weighted by atomic mass is 9.99. The Bertz CT molecular complexity index is 65.9. The zero-order valence-corrected chi connectivity index (χ0v) is 6.30. The first kappa shape index (κ1) is 8.92. The van der Waals surface area contributed by atoms with E-state index in [2.05, 4.69) is 13.8 Å². The predicted molar refractivity (Wildman–Crippen MR) is 39.1 cm³/mol. The molecule has 0 aliphatic carbocycles. The smallest absolute Gasteiger partial charge is 0.0585 e. The molecule has 0 aromatic rings. The maximum atomic E-state index is 8.61. The van der Waals surface area contributed by atoms with Gasteiger partial charge < -0.3 is 10.8 Å². The van der Waals surface area contributed by atoms with Crippen molar-refractivity contribution in [2.45, 2.75) is 32.7 Å². The van der Waals surface area contributed by atoms with E-state index in [1.54, 1.807) is 0 Å². The van der Waals surface area contributed by atoms with Crippen molar-refractivity contribution >= 4 is 0 Å². The molecule has 0 bridgehead atoms. The van der Waals surface area contributed by atoms with Crippen LogP contribution in [0.5, 0.6) is 0 Å². The van der Waals surface area contributed by atoms with E-state index in [1.807, 2.05) is 0 Å². The van der Waals surface area contributed by atoms with Crippen LogP contribution in [0.25, 0.3) is 0 Å². The summed E-state index contributed by atoms with van der Waals surface area (Å²) in [6.45, 7) is 4.31. The normalized spacial score (nSPS) is 17.3.